The van der Waals surface area contributed by atoms with Crippen LogP contribution < -0.4 is 15.0 Å². The molecule has 3 rings (SSSR count). The molecular formula is C24H27N3O4. The van der Waals surface area contributed by atoms with Crippen LogP contribution in [-0.4, -0.2) is 30.8 Å². The molecular weight excluding hydrogens is 394 g/mol. The average molecular weight is 421 g/mol. The minimum absolute atomic E-state index is 0.00966. The maximum Gasteiger partial charge on any atom is 0.408 e. The number of nitrogens with zero attached hydrogens (tertiary/aromatic N) is 2. The minimum atomic E-state index is -0.656. The first-order valence-electron chi connectivity index (χ1n) is 10.2. The molecule has 2 unspecified atom stereocenters. The number of nitrogens with one attached hydrogen (secondary N) is 1. The Bertz CT molecular complexity index is 963. The maximum absolute atomic E-state index is 13.4. The van der Waals surface area contributed by atoms with Gasteiger partial charge in [-0.3, -0.25) is 4.79 Å². The van der Waals surface area contributed by atoms with Crippen molar-refractivity contribution in [3.8, 4) is 11.8 Å². The van der Waals surface area contributed by atoms with Crippen LogP contribution in [-0.2, 0) is 9.53 Å². The van der Waals surface area contributed by atoms with Crippen molar-refractivity contribution < 1.29 is 19.1 Å². The lowest BCUT2D eigenvalue weighted by Crippen LogP contribution is -2.40. The van der Waals surface area contributed by atoms with E-state index in [9.17, 15) is 14.9 Å². The summed E-state index contributed by atoms with van der Waals surface area (Å²) in [5.74, 6) is -0.113. The molecule has 0 bridgehead atoms. The number of hydrogen-bond acceptors (Lipinski definition) is 5. The van der Waals surface area contributed by atoms with E-state index in [2.05, 4.69) is 11.4 Å². The fraction of sp³-hybridized carbons (Fsp3) is 0.375. The standard InChI is InChI=1S/C24H27N3O4/c1-24(2,3)31-23(29)26-19(18-9-5-4-6-10-18)13-22(28)27-15-17(14-25)16-30-21-12-8-7-11-20(21)27/h4-12,17,19H,13,15-16H2,1-3H3,(H,26,29). The van der Waals surface area contributed by atoms with E-state index in [-0.39, 0.29) is 25.5 Å². The molecule has 162 valence electrons. The van der Waals surface area contributed by atoms with Crippen LogP contribution in [0.1, 0.15) is 38.8 Å². The van der Waals surface area contributed by atoms with E-state index in [0.29, 0.717) is 11.4 Å². The summed E-state index contributed by atoms with van der Waals surface area (Å²) in [4.78, 5) is 27.4. The van der Waals surface area contributed by atoms with Crippen LogP contribution >= 0.6 is 0 Å². The first-order valence-corrected chi connectivity index (χ1v) is 10.2. The Morgan fingerprint density at radius 2 is 1.87 bits per heavy atom. The number of amides is 2. The Morgan fingerprint density at radius 1 is 1.19 bits per heavy atom. The highest BCUT2D eigenvalue weighted by Gasteiger charge is 2.30. The third-order valence-corrected chi connectivity index (χ3v) is 4.75. The maximum atomic E-state index is 13.4. The third-order valence-electron chi connectivity index (χ3n) is 4.75. The predicted molar refractivity (Wildman–Crippen MR) is 117 cm³/mol. The molecule has 0 saturated carbocycles. The first-order chi connectivity index (χ1) is 14.8. The van der Waals surface area contributed by atoms with Gasteiger partial charge in [0, 0.05) is 6.54 Å². The summed E-state index contributed by atoms with van der Waals surface area (Å²) >= 11 is 0. The molecule has 2 aromatic carbocycles. The van der Waals surface area contributed by atoms with E-state index in [0.717, 1.165) is 5.56 Å². The molecule has 0 fully saturated rings. The monoisotopic (exact) mass is 421 g/mol. The summed E-state index contributed by atoms with van der Waals surface area (Å²) < 4.78 is 11.1. The molecule has 0 saturated heterocycles. The van der Waals surface area contributed by atoms with Crippen molar-refractivity contribution in [1.82, 2.24) is 5.32 Å². The number of rotatable bonds is 4. The van der Waals surface area contributed by atoms with Crippen LogP contribution in [0.5, 0.6) is 5.75 Å². The minimum Gasteiger partial charge on any atom is -0.490 e. The fourth-order valence-electron chi connectivity index (χ4n) is 3.35. The van der Waals surface area contributed by atoms with Crippen molar-refractivity contribution in [3.05, 3.63) is 60.2 Å². The Hall–Kier alpha value is -3.53. The number of ether oxygens (including phenoxy) is 2. The molecule has 1 aliphatic rings. The van der Waals surface area contributed by atoms with Gasteiger partial charge < -0.3 is 19.7 Å². The summed E-state index contributed by atoms with van der Waals surface area (Å²) in [6.07, 6.45) is -0.584. The number of para-hydroxylation sites is 2. The first kappa shape index (κ1) is 22.2. The van der Waals surface area contributed by atoms with Crippen LogP contribution in [0.2, 0.25) is 0 Å². The summed E-state index contributed by atoms with van der Waals surface area (Å²) in [6, 6.07) is 18.1. The van der Waals surface area contributed by atoms with Crippen LogP contribution in [0.3, 0.4) is 0 Å². The molecule has 2 aromatic rings. The third kappa shape index (κ3) is 5.98. The normalized spacial score (nSPS) is 16.7. The summed E-state index contributed by atoms with van der Waals surface area (Å²) in [5.41, 5.74) is 0.753. The largest absolute Gasteiger partial charge is 0.490 e. The lowest BCUT2D eigenvalue weighted by Gasteiger charge is -2.27. The zero-order chi connectivity index (χ0) is 22.4. The van der Waals surface area contributed by atoms with E-state index < -0.39 is 23.7 Å². The van der Waals surface area contributed by atoms with Crippen molar-refractivity contribution in [2.24, 2.45) is 5.92 Å². The second kappa shape index (κ2) is 9.52. The summed E-state index contributed by atoms with van der Waals surface area (Å²) in [7, 11) is 0. The number of alkyl carbamates (subject to hydrolysis) is 1. The van der Waals surface area contributed by atoms with Crippen molar-refractivity contribution in [3.63, 3.8) is 0 Å². The van der Waals surface area contributed by atoms with Gasteiger partial charge in [-0.1, -0.05) is 42.5 Å². The molecule has 0 aromatic heterocycles. The SMILES string of the molecule is CC(C)(C)OC(=O)NC(CC(=O)N1CC(C#N)COc2ccccc21)c1ccccc1. The quantitative estimate of drug-likeness (QED) is 0.799. The molecule has 1 N–H and O–H groups in total. The summed E-state index contributed by atoms with van der Waals surface area (Å²) in [5, 5.41) is 12.3. The molecule has 7 nitrogen and oxygen atoms in total. The van der Waals surface area contributed by atoms with Crippen molar-refractivity contribution in [1.29, 1.82) is 5.26 Å². The van der Waals surface area contributed by atoms with E-state index in [1.54, 1.807) is 37.8 Å². The zero-order valence-electron chi connectivity index (χ0n) is 18.0. The van der Waals surface area contributed by atoms with Gasteiger partial charge in [-0.05, 0) is 38.5 Å². The second-order valence-electron chi connectivity index (χ2n) is 8.42. The Labute approximate surface area is 182 Å². The zero-order valence-corrected chi connectivity index (χ0v) is 18.0. The number of anilines is 1. The van der Waals surface area contributed by atoms with E-state index in [1.807, 2.05) is 42.5 Å². The molecule has 7 heteroatoms. The molecule has 2 amide bonds. The molecule has 1 aliphatic heterocycles. The van der Waals surface area contributed by atoms with Gasteiger partial charge in [0.25, 0.3) is 0 Å². The summed E-state index contributed by atoms with van der Waals surface area (Å²) in [6.45, 7) is 5.79. The fourth-order valence-corrected chi connectivity index (χ4v) is 3.35. The Morgan fingerprint density at radius 3 is 2.55 bits per heavy atom. The van der Waals surface area contributed by atoms with Gasteiger partial charge in [0.2, 0.25) is 5.91 Å². The smallest absolute Gasteiger partial charge is 0.408 e. The van der Waals surface area contributed by atoms with Crippen molar-refractivity contribution in [2.75, 3.05) is 18.1 Å². The molecule has 0 radical (unpaired) electrons. The number of carbonyl (C=O) groups excluding carboxylic acids is 2. The highest BCUT2D eigenvalue weighted by atomic mass is 16.6. The van der Waals surface area contributed by atoms with E-state index in [4.69, 9.17) is 9.47 Å². The number of hydrogen-bond donors (Lipinski definition) is 1. The van der Waals surface area contributed by atoms with Crippen LogP contribution in [0, 0.1) is 17.2 Å². The van der Waals surface area contributed by atoms with Gasteiger partial charge >= 0.3 is 6.09 Å². The van der Waals surface area contributed by atoms with Crippen molar-refractivity contribution >= 4 is 17.7 Å². The molecule has 0 spiro atoms. The van der Waals surface area contributed by atoms with Gasteiger partial charge in [-0.15, -0.1) is 0 Å². The van der Waals surface area contributed by atoms with Gasteiger partial charge in [-0.2, -0.15) is 5.26 Å². The number of benzene rings is 2. The molecule has 31 heavy (non-hydrogen) atoms. The van der Waals surface area contributed by atoms with Gasteiger partial charge in [0.1, 0.15) is 18.0 Å². The molecule has 0 aliphatic carbocycles. The predicted octanol–water partition coefficient (Wildman–Crippen LogP) is 4.21. The van der Waals surface area contributed by atoms with Crippen molar-refractivity contribution in [2.45, 2.75) is 38.8 Å². The average Bonchev–Trinajstić information content (AvgIpc) is 2.92. The number of carbonyl (C=O) groups is 2. The van der Waals surface area contributed by atoms with Crippen LogP contribution in [0.25, 0.3) is 0 Å². The van der Waals surface area contributed by atoms with Crippen LogP contribution in [0.15, 0.2) is 54.6 Å². The molecule has 2 atom stereocenters. The van der Waals surface area contributed by atoms with Gasteiger partial charge in [0.15, 0.2) is 0 Å². The van der Waals surface area contributed by atoms with Gasteiger partial charge in [0.05, 0.1) is 30.1 Å². The highest BCUT2D eigenvalue weighted by Crippen LogP contribution is 2.33. The topological polar surface area (TPSA) is 91.7 Å². The lowest BCUT2D eigenvalue weighted by molar-refractivity contribution is -0.119. The van der Waals surface area contributed by atoms with Crippen LogP contribution in [0.4, 0.5) is 10.5 Å². The lowest BCUT2D eigenvalue weighted by atomic mass is 10.0. The van der Waals surface area contributed by atoms with E-state index in [1.165, 1.54) is 0 Å². The molecule has 1 heterocycles. The number of nitriles is 1. The highest BCUT2D eigenvalue weighted by molar-refractivity contribution is 5.95. The van der Waals surface area contributed by atoms with Gasteiger partial charge in [-0.25, -0.2) is 4.79 Å². The Balaban J connectivity index is 1.85. The Kier molecular flexibility index (Phi) is 6.81. The number of fused-ring (bicyclic) bond motifs is 1. The second-order valence-corrected chi connectivity index (χ2v) is 8.42. The van der Waals surface area contributed by atoms with E-state index >= 15 is 0 Å².